The Morgan fingerprint density at radius 1 is 1.07 bits per heavy atom. The van der Waals surface area contributed by atoms with E-state index in [1.54, 1.807) is 10.6 Å². The van der Waals surface area contributed by atoms with E-state index in [2.05, 4.69) is 5.32 Å². The number of aryl methyl sites for hydroxylation is 1. The second-order valence-electron chi connectivity index (χ2n) is 8.17. The van der Waals surface area contributed by atoms with Gasteiger partial charge < -0.3 is 14.8 Å². The molecule has 1 amide bonds. The number of benzene rings is 2. The molecule has 154 valence electrons. The number of carbonyl (C=O) groups is 1. The van der Waals surface area contributed by atoms with Crippen LogP contribution in [0.25, 0.3) is 10.9 Å². The van der Waals surface area contributed by atoms with Crippen LogP contribution in [-0.2, 0) is 16.9 Å². The van der Waals surface area contributed by atoms with Crippen molar-refractivity contribution in [1.29, 1.82) is 0 Å². The highest BCUT2D eigenvalue weighted by Gasteiger charge is 2.38. The van der Waals surface area contributed by atoms with Gasteiger partial charge in [-0.15, -0.1) is 0 Å². The maximum absolute atomic E-state index is 13.1. The van der Waals surface area contributed by atoms with Gasteiger partial charge in [-0.25, -0.2) is 0 Å². The van der Waals surface area contributed by atoms with Crippen LogP contribution in [0.1, 0.15) is 36.8 Å². The molecule has 5 rings (SSSR count). The summed E-state index contributed by atoms with van der Waals surface area (Å²) in [6, 6.07) is 15.2. The lowest BCUT2D eigenvalue weighted by Gasteiger charge is -2.31. The van der Waals surface area contributed by atoms with Crippen molar-refractivity contribution in [3.63, 3.8) is 0 Å². The predicted octanol–water partition coefficient (Wildman–Crippen LogP) is 3.62. The molecule has 0 bridgehead atoms. The summed E-state index contributed by atoms with van der Waals surface area (Å²) in [5.41, 5.74) is 2.12. The summed E-state index contributed by atoms with van der Waals surface area (Å²) in [7, 11) is 0. The number of nitrogens with one attached hydrogen (secondary N) is 1. The lowest BCUT2D eigenvalue weighted by molar-refractivity contribution is -0.123. The highest BCUT2D eigenvalue weighted by atomic mass is 16.7. The van der Waals surface area contributed by atoms with Gasteiger partial charge in [0.2, 0.25) is 12.7 Å². The van der Waals surface area contributed by atoms with Crippen LogP contribution in [0.2, 0.25) is 0 Å². The summed E-state index contributed by atoms with van der Waals surface area (Å²) in [5, 5.41) is 4.24. The second-order valence-corrected chi connectivity index (χ2v) is 8.17. The fraction of sp³-hybridized carbons (Fsp3) is 0.333. The highest BCUT2D eigenvalue weighted by molar-refractivity contribution is 5.84. The minimum atomic E-state index is -0.442. The van der Waals surface area contributed by atoms with Gasteiger partial charge in [-0.3, -0.25) is 14.2 Å². The molecule has 0 saturated heterocycles. The molecular weight excluding hydrogens is 380 g/mol. The molecular formula is C24H24N2O4. The van der Waals surface area contributed by atoms with E-state index < -0.39 is 5.54 Å². The van der Waals surface area contributed by atoms with Gasteiger partial charge in [0, 0.05) is 11.5 Å². The van der Waals surface area contributed by atoms with Crippen LogP contribution in [0.4, 0.5) is 0 Å². The highest BCUT2D eigenvalue weighted by Crippen LogP contribution is 2.43. The van der Waals surface area contributed by atoms with E-state index in [9.17, 15) is 9.59 Å². The summed E-state index contributed by atoms with van der Waals surface area (Å²) in [4.78, 5) is 25.8. The van der Waals surface area contributed by atoms with Crippen LogP contribution in [0.15, 0.2) is 53.3 Å². The first kappa shape index (κ1) is 18.7. The minimum Gasteiger partial charge on any atom is -0.454 e. The van der Waals surface area contributed by atoms with Crippen molar-refractivity contribution in [3.05, 3.63) is 70.0 Å². The number of nitrogens with zero attached hydrogens (tertiary/aromatic N) is 1. The Labute approximate surface area is 174 Å². The molecule has 1 aromatic heterocycles. The van der Waals surface area contributed by atoms with Gasteiger partial charge in [0.1, 0.15) is 6.54 Å². The molecule has 1 fully saturated rings. The average Bonchev–Trinajstić information content (AvgIpc) is 3.40. The number of pyridine rings is 1. The van der Waals surface area contributed by atoms with E-state index >= 15 is 0 Å². The standard InChI is InChI=1S/C24H24N2O4/c1-16-12-23(28)26(19-7-3-2-6-18(16)19)14-22(27)25-24(10-4-5-11-24)17-8-9-20-21(13-17)30-15-29-20/h2-3,6-9,12-13H,4-5,10-11,14-15H2,1H3,(H,25,27). The smallest absolute Gasteiger partial charge is 0.251 e. The third-order valence-electron chi connectivity index (χ3n) is 6.29. The first-order valence-corrected chi connectivity index (χ1v) is 10.4. The van der Waals surface area contributed by atoms with Crippen molar-refractivity contribution < 1.29 is 14.3 Å². The molecule has 1 aliphatic heterocycles. The van der Waals surface area contributed by atoms with Crippen LogP contribution in [0.3, 0.4) is 0 Å². The molecule has 3 aromatic rings. The Morgan fingerprint density at radius 2 is 1.83 bits per heavy atom. The second kappa shape index (κ2) is 7.20. The summed E-state index contributed by atoms with van der Waals surface area (Å²) in [6.07, 6.45) is 3.81. The fourth-order valence-electron chi connectivity index (χ4n) is 4.77. The van der Waals surface area contributed by atoms with Crippen LogP contribution in [0.5, 0.6) is 11.5 Å². The number of hydrogen-bond donors (Lipinski definition) is 1. The quantitative estimate of drug-likeness (QED) is 0.721. The summed E-state index contributed by atoms with van der Waals surface area (Å²) in [6.45, 7) is 2.13. The Bertz CT molecular complexity index is 1190. The van der Waals surface area contributed by atoms with Crippen molar-refractivity contribution in [3.8, 4) is 11.5 Å². The SMILES string of the molecule is Cc1cc(=O)n(CC(=O)NC2(c3ccc4c(c3)OCO4)CCCC2)c2ccccc12. The zero-order chi connectivity index (χ0) is 20.7. The summed E-state index contributed by atoms with van der Waals surface area (Å²) >= 11 is 0. The molecule has 1 N–H and O–H groups in total. The molecule has 2 aliphatic rings. The molecule has 6 nitrogen and oxygen atoms in total. The molecule has 0 atom stereocenters. The molecule has 0 unspecified atom stereocenters. The fourth-order valence-corrected chi connectivity index (χ4v) is 4.77. The first-order valence-electron chi connectivity index (χ1n) is 10.4. The Balaban J connectivity index is 1.46. The lowest BCUT2D eigenvalue weighted by Crippen LogP contribution is -2.46. The van der Waals surface area contributed by atoms with Gasteiger partial charge in [-0.2, -0.15) is 0 Å². The molecule has 2 heterocycles. The van der Waals surface area contributed by atoms with Crippen LogP contribution >= 0.6 is 0 Å². The first-order chi connectivity index (χ1) is 14.6. The number of amides is 1. The number of para-hydroxylation sites is 1. The molecule has 1 saturated carbocycles. The van der Waals surface area contributed by atoms with Gasteiger partial charge in [-0.1, -0.05) is 37.1 Å². The van der Waals surface area contributed by atoms with Crippen molar-refractivity contribution in [2.24, 2.45) is 0 Å². The molecule has 0 radical (unpaired) electrons. The number of aromatic nitrogens is 1. The Hall–Kier alpha value is -3.28. The minimum absolute atomic E-state index is 0.00801. The maximum Gasteiger partial charge on any atom is 0.251 e. The topological polar surface area (TPSA) is 69.6 Å². The van der Waals surface area contributed by atoms with Gasteiger partial charge in [0.05, 0.1) is 11.1 Å². The van der Waals surface area contributed by atoms with Gasteiger partial charge >= 0.3 is 0 Å². The van der Waals surface area contributed by atoms with Crippen molar-refractivity contribution in [1.82, 2.24) is 9.88 Å². The largest absolute Gasteiger partial charge is 0.454 e. The van der Waals surface area contributed by atoms with Crippen molar-refractivity contribution in [2.45, 2.75) is 44.7 Å². The molecule has 2 aromatic carbocycles. The molecule has 6 heteroatoms. The van der Waals surface area contributed by atoms with Crippen molar-refractivity contribution in [2.75, 3.05) is 6.79 Å². The molecule has 1 aliphatic carbocycles. The van der Waals surface area contributed by atoms with E-state index in [0.29, 0.717) is 5.75 Å². The molecule has 0 spiro atoms. The van der Waals surface area contributed by atoms with Gasteiger partial charge in [0.25, 0.3) is 5.56 Å². The zero-order valence-electron chi connectivity index (χ0n) is 16.9. The normalized spacial score (nSPS) is 16.7. The number of carbonyl (C=O) groups excluding carboxylic acids is 1. The summed E-state index contributed by atoms with van der Waals surface area (Å²) in [5.74, 6) is 1.29. The number of hydrogen-bond acceptors (Lipinski definition) is 4. The number of rotatable bonds is 4. The van der Waals surface area contributed by atoms with Crippen molar-refractivity contribution >= 4 is 16.8 Å². The van der Waals surface area contributed by atoms with Crippen LogP contribution in [0, 0.1) is 6.92 Å². The van der Waals surface area contributed by atoms with E-state index in [1.165, 1.54) is 0 Å². The van der Waals surface area contributed by atoms with Crippen LogP contribution < -0.4 is 20.3 Å². The maximum atomic E-state index is 13.1. The summed E-state index contributed by atoms with van der Waals surface area (Å²) < 4.78 is 12.5. The number of ether oxygens (including phenoxy) is 2. The monoisotopic (exact) mass is 404 g/mol. The van der Waals surface area contributed by atoms with Gasteiger partial charge in [-0.05, 0) is 49.1 Å². The van der Waals surface area contributed by atoms with E-state index in [1.807, 2.05) is 49.4 Å². The Kier molecular flexibility index (Phi) is 4.50. The van der Waals surface area contributed by atoms with Gasteiger partial charge in [0.15, 0.2) is 11.5 Å². The molecule has 30 heavy (non-hydrogen) atoms. The van der Waals surface area contributed by atoms with Crippen LogP contribution in [-0.4, -0.2) is 17.3 Å². The van der Waals surface area contributed by atoms with E-state index in [0.717, 1.165) is 53.5 Å². The zero-order valence-corrected chi connectivity index (χ0v) is 16.9. The Morgan fingerprint density at radius 3 is 2.67 bits per heavy atom. The third-order valence-corrected chi connectivity index (χ3v) is 6.29. The predicted molar refractivity (Wildman–Crippen MR) is 114 cm³/mol. The third kappa shape index (κ3) is 3.12. The average molecular weight is 404 g/mol. The van der Waals surface area contributed by atoms with E-state index in [-0.39, 0.29) is 24.8 Å². The number of fused-ring (bicyclic) bond motifs is 2. The van der Waals surface area contributed by atoms with E-state index in [4.69, 9.17) is 9.47 Å². The lowest BCUT2D eigenvalue weighted by atomic mass is 9.87.